The highest BCUT2D eigenvalue weighted by Gasteiger charge is 2.18. The summed E-state index contributed by atoms with van der Waals surface area (Å²) in [5.74, 6) is 0.683. The molecule has 0 bridgehead atoms. The van der Waals surface area contributed by atoms with Gasteiger partial charge >= 0.3 is 7.12 Å². The molecule has 0 fully saturated rings. The number of aromatic nitrogens is 2. The van der Waals surface area contributed by atoms with E-state index < -0.39 is 12.9 Å². The van der Waals surface area contributed by atoms with E-state index in [2.05, 4.69) is 4.98 Å². The zero-order valence-corrected chi connectivity index (χ0v) is 10.9. The monoisotopic (exact) mass is 262 g/mol. The first-order chi connectivity index (χ1) is 8.99. The largest absolute Gasteiger partial charge is 0.488 e. The molecule has 2 rings (SSSR count). The fraction of sp³-hybridized carbons (Fsp3) is 0.308. The maximum absolute atomic E-state index is 13.2. The van der Waals surface area contributed by atoms with Crippen LogP contribution < -0.4 is 5.46 Å². The van der Waals surface area contributed by atoms with Crippen LogP contribution in [0.5, 0.6) is 0 Å². The highest BCUT2D eigenvalue weighted by molar-refractivity contribution is 6.59. The predicted molar refractivity (Wildman–Crippen MR) is 71.6 cm³/mol. The first kappa shape index (κ1) is 13.8. The SMILES string of the molecule is CC(C)c1nccn1Cc1ccc(F)cc1B(O)O. The molecular formula is C13H16BFN2O2. The number of rotatable bonds is 4. The van der Waals surface area contributed by atoms with Crippen LogP contribution in [0.3, 0.4) is 0 Å². The molecule has 2 aromatic rings. The lowest BCUT2D eigenvalue weighted by Gasteiger charge is -2.13. The summed E-state index contributed by atoms with van der Waals surface area (Å²) in [4.78, 5) is 4.27. The quantitative estimate of drug-likeness (QED) is 0.804. The minimum Gasteiger partial charge on any atom is -0.423 e. The summed E-state index contributed by atoms with van der Waals surface area (Å²) in [6, 6.07) is 4.02. The second-order valence-electron chi connectivity index (χ2n) is 4.78. The first-order valence-electron chi connectivity index (χ1n) is 6.14. The Morgan fingerprint density at radius 2 is 2.11 bits per heavy atom. The Kier molecular flexibility index (Phi) is 4.02. The van der Waals surface area contributed by atoms with Crippen LogP contribution in [0.4, 0.5) is 4.39 Å². The molecule has 4 nitrogen and oxygen atoms in total. The standard InChI is InChI=1S/C13H16BFN2O2/c1-9(2)13-16-5-6-17(13)8-10-3-4-11(15)7-12(10)14(18)19/h3-7,9,18-19H,8H2,1-2H3. The van der Waals surface area contributed by atoms with Crippen molar-refractivity contribution in [3.05, 3.63) is 47.8 Å². The molecule has 0 aliphatic carbocycles. The molecule has 0 spiro atoms. The van der Waals surface area contributed by atoms with E-state index in [9.17, 15) is 14.4 Å². The van der Waals surface area contributed by atoms with Crippen molar-refractivity contribution in [2.24, 2.45) is 0 Å². The minimum absolute atomic E-state index is 0.184. The number of nitrogens with zero attached hydrogens (tertiary/aromatic N) is 2. The van der Waals surface area contributed by atoms with Crippen molar-refractivity contribution >= 4 is 12.6 Å². The van der Waals surface area contributed by atoms with Gasteiger partial charge < -0.3 is 14.6 Å². The van der Waals surface area contributed by atoms with Gasteiger partial charge in [0.2, 0.25) is 0 Å². The minimum atomic E-state index is -1.68. The average molecular weight is 262 g/mol. The number of hydrogen-bond acceptors (Lipinski definition) is 3. The Balaban J connectivity index is 2.35. The van der Waals surface area contributed by atoms with Gasteiger partial charge in [-0.3, -0.25) is 0 Å². The molecule has 0 radical (unpaired) electrons. The molecule has 0 aliphatic rings. The van der Waals surface area contributed by atoms with Gasteiger partial charge in [0, 0.05) is 24.9 Å². The van der Waals surface area contributed by atoms with Crippen LogP contribution in [-0.4, -0.2) is 26.7 Å². The number of imidazole rings is 1. The molecule has 0 saturated heterocycles. The van der Waals surface area contributed by atoms with E-state index in [0.29, 0.717) is 12.1 Å². The average Bonchev–Trinajstić information content (AvgIpc) is 2.79. The maximum atomic E-state index is 13.2. The van der Waals surface area contributed by atoms with Gasteiger partial charge in [-0.1, -0.05) is 19.9 Å². The summed E-state index contributed by atoms with van der Waals surface area (Å²) in [7, 11) is -1.68. The van der Waals surface area contributed by atoms with E-state index in [0.717, 1.165) is 11.9 Å². The van der Waals surface area contributed by atoms with Gasteiger partial charge in [-0.2, -0.15) is 0 Å². The molecule has 0 aliphatic heterocycles. The van der Waals surface area contributed by atoms with Crippen molar-refractivity contribution in [1.82, 2.24) is 9.55 Å². The van der Waals surface area contributed by atoms with Crippen LogP contribution in [0.2, 0.25) is 0 Å². The number of benzene rings is 1. The van der Waals surface area contributed by atoms with Crippen LogP contribution in [-0.2, 0) is 6.54 Å². The van der Waals surface area contributed by atoms with Crippen LogP contribution >= 0.6 is 0 Å². The topological polar surface area (TPSA) is 58.3 Å². The normalized spacial score (nSPS) is 11.1. The third-order valence-electron chi connectivity index (χ3n) is 2.99. The van der Waals surface area contributed by atoms with E-state index >= 15 is 0 Å². The lowest BCUT2D eigenvalue weighted by molar-refractivity contribution is 0.424. The highest BCUT2D eigenvalue weighted by Crippen LogP contribution is 2.13. The molecule has 0 atom stereocenters. The van der Waals surface area contributed by atoms with Gasteiger partial charge in [-0.05, 0) is 23.2 Å². The van der Waals surface area contributed by atoms with Crippen molar-refractivity contribution in [2.45, 2.75) is 26.3 Å². The van der Waals surface area contributed by atoms with Crippen LogP contribution in [0, 0.1) is 5.82 Å². The summed E-state index contributed by atoms with van der Waals surface area (Å²) in [6.45, 7) is 4.50. The predicted octanol–water partition coefficient (Wildman–Crippen LogP) is 0.874. The molecule has 19 heavy (non-hydrogen) atoms. The lowest BCUT2D eigenvalue weighted by Crippen LogP contribution is -2.34. The summed E-state index contributed by atoms with van der Waals surface area (Å²) >= 11 is 0. The van der Waals surface area contributed by atoms with Gasteiger partial charge in [-0.25, -0.2) is 9.37 Å². The van der Waals surface area contributed by atoms with Crippen LogP contribution in [0.15, 0.2) is 30.6 Å². The van der Waals surface area contributed by atoms with Crippen molar-refractivity contribution in [3.8, 4) is 0 Å². The van der Waals surface area contributed by atoms with Crippen molar-refractivity contribution in [2.75, 3.05) is 0 Å². The van der Waals surface area contributed by atoms with E-state index in [1.54, 1.807) is 12.3 Å². The van der Waals surface area contributed by atoms with Gasteiger partial charge in [-0.15, -0.1) is 0 Å². The Hall–Kier alpha value is -1.66. The number of halogens is 1. The van der Waals surface area contributed by atoms with Gasteiger partial charge in [0.25, 0.3) is 0 Å². The van der Waals surface area contributed by atoms with E-state index in [1.165, 1.54) is 6.07 Å². The summed E-state index contributed by atoms with van der Waals surface area (Å²) < 4.78 is 15.1. The molecule has 1 aromatic carbocycles. The summed E-state index contributed by atoms with van der Waals surface area (Å²) in [5.41, 5.74) is 0.847. The third-order valence-corrected chi connectivity index (χ3v) is 2.99. The van der Waals surface area contributed by atoms with Gasteiger partial charge in [0.05, 0.1) is 0 Å². The molecule has 0 unspecified atom stereocenters. The summed E-state index contributed by atoms with van der Waals surface area (Å²) in [6.07, 6.45) is 3.53. The van der Waals surface area contributed by atoms with Crippen molar-refractivity contribution in [1.29, 1.82) is 0 Å². The molecule has 1 aromatic heterocycles. The highest BCUT2D eigenvalue weighted by atomic mass is 19.1. The Morgan fingerprint density at radius 3 is 2.74 bits per heavy atom. The molecule has 0 saturated carbocycles. The van der Waals surface area contributed by atoms with E-state index in [4.69, 9.17) is 0 Å². The van der Waals surface area contributed by atoms with Crippen molar-refractivity contribution in [3.63, 3.8) is 0 Å². The zero-order valence-electron chi connectivity index (χ0n) is 10.9. The van der Waals surface area contributed by atoms with Crippen molar-refractivity contribution < 1.29 is 14.4 Å². The van der Waals surface area contributed by atoms with E-state index in [1.807, 2.05) is 24.6 Å². The molecule has 100 valence electrons. The Labute approximate surface area is 111 Å². The molecular weight excluding hydrogens is 246 g/mol. The number of hydrogen-bond donors (Lipinski definition) is 2. The molecule has 1 heterocycles. The van der Waals surface area contributed by atoms with Gasteiger partial charge in [0.15, 0.2) is 0 Å². The maximum Gasteiger partial charge on any atom is 0.488 e. The Morgan fingerprint density at radius 1 is 1.37 bits per heavy atom. The zero-order chi connectivity index (χ0) is 14.0. The fourth-order valence-corrected chi connectivity index (χ4v) is 2.09. The summed E-state index contributed by atoms with van der Waals surface area (Å²) in [5, 5.41) is 18.6. The van der Waals surface area contributed by atoms with E-state index in [-0.39, 0.29) is 11.4 Å². The molecule has 0 amide bonds. The molecule has 6 heteroatoms. The Bertz CT molecular complexity index is 570. The molecule has 2 N–H and O–H groups in total. The first-order valence-corrected chi connectivity index (χ1v) is 6.14. The third kappa shape index (κ3) is 3.02. The smallest absolute Gasteiger partial charge is 0.423 e. The second-order valence-corrected chi connectivity index (χ2v) is 4.78. The van der Waals surface area contributed by atoms with Gasteiger partial charge in [0.1, 0.15) is 11.6 Å². The fourth-order valence-electron chi connectivity index (χ4n) is 2.09. The lowest BCUT2D eigenvalue weighted by atomic mass is 9.77. The van der Waals surface area contributed by atoms with Crippen LogP contribution in [0.1, 0.15) is 31.2 Å². The second kappa shape index (κ2) is 5.55. The van der Waals surface area contributed by atoms with Crippen LogP contribution in [0.25, 0.3) is 0 Å².